The molecule has 0 aliphatic carbocycles. The zero-order valence-electron chi connectivity index (χ0n) is 16.9. The third-order valence-electron chi connectivity index (χ3n) is 5.37. The summed E-state index contributed by atoms with van der Waals surface area (Å²) in [5.41, 5.74) is 1.97. The van der Waals surface area contributed by atoms with Gasteiger partial charge in [-0.15, -0.1) is 12.4 Å². The van der Waals surface area contributed by atoms with Gasteiger partial charge in [0.05, 0.1) is 30.3 Å². The molecule has 0 radical (unpaired) electrons. The molecular formula is C22H24ClN3O4. The molecule has 0 aromatic heterocycles. The number of rotatable bonds is 4. The Morgan fingerprint density at radius 3 is 2.40 bits per heavy atom. The number of carbonyl (C=O) groups is 3. The van der Waals surface area contributed by atoms with Gasteiger partial charge in [-0.05, 0) is 36.8 Å². The summed E-state index contributed by atoms with van der Waals surface area (Å²) in [7, 11) is 1.52. The molecule has 2 aliphatic heterocycles. The summed E-state index contributed by atoms with van der Waals surface area (Å²) in [6.07, 6.45) is 0. The summed E-state index contributed by atoms with van der Waals surface area (Å²) in [4.78, 5) is 41.4. The smallest absolute Gasteiger partial charge is 0.261 e. The van der Waals surface area contributed by atoms with Gasteiger partial charge in [-0.1, -0.05) is 18.2 Å². The quantitative estimate of drug-likeness (QED) is 0.755. The van der Waals surface area contributed by atoms with E-state index in [0.29, 0.717) is 41.1 Å². The number of piperazine rings is 1. The van der Waals surface area contributed by atoms with Crippen LogP contribution in [0.4, 0.5) is 0 Å². The Morgan fingerprint density at radius 2 is 1.80 bits per heavy atom. The van der Waals surface area contributed by atoms with Gasteiger partial charge in [0, 0.05) is 25.7 Å². The molecule has 0 spiro atoms. The Morgan fingerprint density at radius 1 is 1.13 bits per heavy atom. The Labute approximate surface area is 181 Å². The summed E-state index contributed by atoms with van der Waals surface area (Å²) in [6, 6.07) is 12.2. The van der Waals surface area contributed by atoms with Gasteiger partial charge in [-0.2, -0.15) is 0 Å². The Bertz CT molecular complexity index is 959. The summed E-state index contributed by atoms with van der Waals surface area (Å²) in [5, 5.41) is 3.32. The minimum absolute atomic E-state index is 0. The predicted octanol–water partition coefficient (Wildman–Crippen LogP) is 2.35. The highest BCUT2D eigenvalue weighted by molar-refractivity contribution is 6.21. The van der Waals surface area contributed by atoms with Crippen molar-refractivity contribution in [3.8, 4) is 5.75 Å². The molecule has 158 valence electrons. The van der Waals surface area contributed by atoms with Crippen molar-refractivity contribution < 1.29 is 19.1 Å². The monoisotopic (exact) mass is 429 g/mol. The molecule has 0 saturated carbocycles. The molecule has 1 fully saturated rings. The van der Waals surface area contributed by atoms with Crippen LogP contribution < -0.4 is 10.1 Å². The minimum atomic E-state index is -0.315. The number of benzene rings is 2. The van der Waals surface area contributed by atoms with Crippen molar-refractivity contribution in [1.82, 2.24) is 15.1 Å². The van der Waals surface area contributed by atoms with E-state index < -0.39 is 0 Å². The van der Waals surface area contributed by atoms with Crippen LogP contribution >= 0.6 is 12.4 Å². The van der Waals surface area contributed by atoms with Crippen LogP contribution in [0.1, 0.15) is 43.6 Å². The molecule has 7 nitrogen and oxygen atoms in total. The first-order valence-electron chi connectivity index (χ1n) is 9.64. The predicted molar refractivity (Wildman–Crippen MR) is 114 cm³/mol. The molecule has 2 heterocycles. The van der Waals surface area contributed by atoms with E-state index in [2.05, 4.69) is 5.32 Å². The highest BCUT2D eigenvalue weighted by Gasteiger charge is 2.35. The summed E-state index contributed by atoms with van der Waals surface area (Å²) < 4.78 is 5.39. The summed E-state index contributed by atoms with van der Waals surface area (Å²) in [6.45, 7) is 4.12. The highest BCUT2D eigenvalue weighted by Crippen LogP contribution is 2.27. The lowest BCUT2D eigenvalue weighted by Gasteiger charge is -2.32. The Kier molecular flexibility index (Phi) is 6.43. The molecule has 2 aromatic carbocycles. The molecule has 2 aromatic rings. The topological polar surface area (TPSA) is 79.0 Å². The van der Waals surface area contributed by atoms with E-state index >= 15 is 0 Å². The number of hydrogen-bond donors (Lipinski definition) is 1. The number of nitrogens with one attached hydrogen (secondary N) is 1. The van der Waals surface area contributed by atoms with Crippen LogP contribution in [-0.4, -0.2) is 60.3 Å². The SMILES string of the molecule is COc1ccc(CN2C(=O)c3ccccc3C2=O)cc1C(=O)N1CCNC(C)C1.Cl. The van der Waals surface area contributed by atoms with Crippen molar-refractivity contribution in [2.75, 3.05) is 26.7 Å². The van der Waals surface area contributed by atoms with E-state index in [0.717, 1.165) is 6.54 Å². The molecule has 1 atom stereocenters. The van der Waals surface area contributed by atoms with Crippen molar-refractivity contribution in [2.24, 2.45) is 0 Å². The van der Waals surface area contributed by atoms with Crippen molar-refractivity contribution in [3.05, 3.63) is 64.7 Å². The van der Waals surface area contributed by atoms with Crippen LogP contribution in [0.15, 0.2) is 42.5 Å². The Balaban J connectivity index is 0.00000256. The van der Waals surface area contributed by atoms with Gasteiger partial charge < -0.3 is 15.0 Å². The fourth-order valence-corrected chi connectivity index (χ4v) is 3.87. The fourth-order valence-electron chi connectivity index (χ4n) is 3.87. The maximum atomic E-state index is 13.1. The van der Waals surface area contributed by atoms with Crippen LogP contribution in [-0.2, 0) is 6.54 Å². The average molecular weight is 430 g/mol. The number of ether oxygens (including phenoxy) is 1. The second-order valence-corrected chi connectivity index (χ2v) is 7.38. The van der Waals surface area contributed by atoms with Gasteiger partial charge >= 0.3 is 0 Å². The molecule has 3 amide bonds. The minimum Gasteiger partial charge on any atom is -0.496 e. The largest absolute Gasteiger partial charge is 0.496 e. The molecule has 30 heavy (non-hydrogen) atoms. The third kappa shape index (κ3) is 3.91. The number of nitrogens with zero attached hydrogens (tertiary/aromatic N) is 2. The van der Waals surface area contributed by atoms with Gasteiger partial charge in [0.25, 0.3) is 17.7 Å². The molecule has 0 bridgehead atoms. The maximum absolute atomic E-state index is 13.1. The first-order chi connectivity index (χ1) is 14.0. The number of imide groups is 1. The van der Waals surface area contributed by atoms with Gasteiger partial charge in [-0.3, -0.25) is 19.3 Å². The van der Waals surface area contributed by atoms with Crippen LogP contribution in [0, 0.1) is 0 Å². The lowest BCUT2D eigenvalue weighted by molar-refractivity contribution is 0.0642. The van der Waals surface area contributed by atoms with Gasteiger partial charge in [0.2, 0.25) is 0 Å². The van der Waals surface area contributed by atoms with Crippen LogP contribution in [0.3, 0.4) is 0 Å². The molecule has 1 N–H and O–H groups in total. The molecule has 1 saturated heterocycles. The Hall–Kier alpha value is -2.90. The van der Waals surface area contributed by atoms with Crippen molar-refractivity contribution >= 4 is 30.1 Å². The van der Waals surface area contributed by atoms with Crippen molar-refractivity contribution in [3.63, 3.8) is 0 Å². The van der Waals surface area contributed by atoms with Crippen molar-refractivity contribution in [2.45, 2.75) is 19.5 Å². The summed E-state index contributed by atoms with van der Waals surface area (Å²) >= 11 is 0. The fraction of sp³-hybridized carbons (Fsp3) is 0.318. The lowest BCUT2D eigenvalue weighted by atomic mass is 10.1. The van der Waals surface area contributed by atoms with Gasteiger partial charge in [-0.25, -0.2) is 0 Å². The molecule has 1 unspecified atom stereocenters. The number of fused-ring (bicyclic) bond motifs is 1. The molecule has 8 heteroatoms. The maximum Gasteiger partial charge on any atom is 0.261 e. The van der Waals surface area contributed by atoms with Gasteiger partial charge in [0.1, 0.15) is 5.75 Å². The van der Waals surface area contributed by atoms with Crippen LogP contribution in [0.5, 0.6) is 5.75 Å². The third-order valence-corrected chi connectivity index (χ3v) is 5.37. The van der Waals surface area contributed by atoms with E-state index in [-0.39, 0.29) is 42.7 Å². The zero-order chi connectivity index (χ0) is 20.5. The first kappa shape index (κ1) is 21.8. The number of carbonyl (C=O) groups excluding carboxylic acids is 3. The summed E-state index contributed by atoms with van der Waals surface area (Å²) in [5.74, 6) is -0.262. The molecular weight excluding hydrogens is 406 g/mol. The van der Waals surface area contributed by atoms with E-state index in [9.17, 15) is 14.4 Å². The second kappa shape index (κ2) is 8.85. The standard InChI is InChI=1S/C22H23N3O4.ClH/c1-14-12-24(10-9-23-14)20(26)18-11-15(7-8-19(18)29-2)13-25-21(27)16-5-3-4-6-17(16)22(25)28;/h3-8,11,14,23H,9-10,12-13H2,1-2H3;1H. The zero-order valence-corrected chi connectivity index (χ0v) is 17.7. The normalized spacial score (nSPS) is 18.1. The van der Waals surface area contributed by atoms with E-state index in [4.69, 9.17) is 4.74 Å². The number of amides is 3. The second-order valence-electron chi connectivity index (χ2n) is 7.38. The van der Waals surface area contributed by atoms with Crippen molar-refractivity contribution in [1.29, 1.82) is 0 Å². The number of halogens is 1. The first-order valence-corrected chi connectivity index (χ1v) is 9.64. The van der Waals surface area contributed by atoms with Gasteiger partial charge in [0.15, 0.2) is 0 Å². The number of hydrogen-bond acceptors (Lipinski definition) is 5. The number of methoxy groups -OCH3 is 1. The average Bonchev–Trinajstić information content (AvgIpc) is 2.98. The van der Waals surface area contributed by atoms with E-state index in [1.54, 1.807) is 47.4 Å². The van der Waals surface area contributed by atoms with E-state index in [1.807, 2.05) is 6.92 Å². The van der Waals surface area contributed by atoms with E-state index in [1.165, 1.54) is 12.0 Å². The highest BCUT2D eigenvalue weighted by atomic mass is 35.5. The molecule has 4 rings (SSSR count). The lowest BCUT2D eigenvalue weighted by Crippen LogP contribution is -2.51. The van der Waals surface area contributed by atoms with Crippen LogP contribution in [0.25, 0.3) is 0 Å². The van der Waals surface area contributed by atoms with Crippen LogP contribution in [0.2, 0.25) is 0 Å². The molecule has 2 aliphatic rings.